The normalized spacial score (nSPS) is 47.3. The van der Waals surface area contributed by atoms with Crippen LogP contribution in [0.3, 0.4) is 0 Å². The molecule has 2 heterocycles. The molecule has 6 fully saturated rings. The first kappa shape index (κ1) is 38.8. The van der Waals surface area contributed by atoms with Crippen molar-refractivity contribution >= 4 is 27.4 Å². The van der Waals surface area contributed by atoms with Crippen LogP contribution in [0.25, 0.3) is 0 Å². The van der Waals surface area contributed by atoms with Gasteiger partial charge in [-0.05, 0) is 129 Å². The second-order valence-electron chi connectivity index (χ2n) is 20.2. The van der Waals surface area contributed by atoms with Gasteiger partial charge in [-0.3, -0.25) is 4.79 Å². The summed E-state index contributed by atoms with van der Waals surface area (Å²) in [5, 5.41) is 47.7. The van der Waals surface area contributed by atoms with E-state index in [4.69, 9.17) is 0 Å². The van der Waals surface area contributed by atoms with Crippen molar-refractivity contribution in [3.05, 3.63) is 41.5 Å². The first-order valence-corrected chi connectivity index (χ1v) is 23.6. The van der Waals surface area contributed by atoms with Crippen molar-refractivity contribution in [2.75, 3.05) is 11.5 Å². The second-order valence-corrected chi connectivity index (χ2v) is 22.8. The molecule has 9 heteroatoms. The predicted octanol–water partition coefficient (Wildman–Crippen LogP) is 8.48. The fourth-order valence-corrected chi connectivity index (χ4v) is 16.8. The van der Waals surface area contributed by atoms with Gasteiger partial charge in [-0.15, -0.1) is 0 Å². The Labute approximate surface area is 326 Å². The summed E-state index contributed by atoms with van der Waals surface area (Å²) in [6.45, 7) is 11.5. The number of fused-ring (bicyclic) bond motifs is 9. The van der Waals surface area contributed by atoms with Crippen molar-refractivity contribution in [3.8, 4) is 0 Å². The van der Waals surface area contributed by atoms with Crippen LogP contribution in [0.5, 0.6) is 0 Å². The van der Waals surface area contributed by atoms with Crippen molar-refractivity contribution < 1.29 is 25.2 Å². The summed E-state index contributed by atoms with van der Waals surface area (Å²) in [5.74, 6) is 1.34. The third-order valence-electron chi connectivity index (χ3n) is 17.0. The Balaban J connectivity index is 1.19. The zero-order valence-corrected chi connectivity index (χ0v) is 34.6. The molecule has 7 nitrogen and oxygen atoms in total. The molecule has 1 saturated heterocycles. The lowest BCUT2D eigenvalue weighted by atomic mass is 9.45. The van der Waals surface area contributed by atoms with Gasteiger partial charge in [0.2, 0.25) is 0 Å². The van der Waals surface area contributed by atoms with Crippen LogP contribution >= 0.6 is 21.6 Å². The molecule has 5 saturated carbocycles. The number of ketones is 1. The lowest BCUT2D eigenvalue weighted by Gasteiger charge is -2.61. The number of hydrogen-bond acceptors (Lipinski definition) is 8. The number of aliphatic hydroxyl groups excluding tert-OH is 3. The molecule has 1 aliphatic heterocycles. The number of aromatic nitrogens is 2. The van der Waals surface area contributed by atoms with E-state index in [2.05, 4.69) is 50.4 Å². The summed E-state index contributed by atoms with van der Waals surface area (Å²) in [7, 11) is 3.77. The third kappa shape index (κ3) is 6.31. The number of rotatable bonds is 1. The number of carbonyl (C=O) groups is 1. The zero-order valence-electron chi connectivity index (χ0n) is 32.9. The number of aliphatic hydroxyl groups is 4. The number of hydrogen-bond donors (Lipinski definition) is 4. The monoisotopic (exact) mass is 766 g/mol. The highest BCUT2D eigenvalue weighted by Crippen LogP contribution is 2.70. The van der Waals surface area contributed by atoms with Crippen molar-refractivity contribution in [3.63, 3.8) is 0 Å². The topological polar surface area (TPSA) is 116 Å². The highest BCUT2D eigenvalue weighted by atomic mass is 33.1. The van der Waals surface area contributed by atoms with Crippen LogP contribution in [0.1, 0.15) is 137 Å². The summed E-state index contributed by atoms with van der Waals surface area (Å²) in [6, 6.07) is 0.245. The Morgan fingerprint density at radius 2 is 1.62 bits per heavy atom. The third-order valence-corrected chi connectivity index (χ3v) is 19.6. The van der Waals surface area contributed by atoms with Crippen LogP contribution < -0.4 is 0 Å². The summed E-state index contributed by atoms with van der Waals surface area (Å²) in [5.41, 5.74) is 2.14. The molecular formula is C44H66N2O5S2. The number of allylic oxidation sites excluding steroid dienone is 2. The van der Waals surface area contributed by atoms with Gasteiger partial charge in [-0.2, -0.15) is 0 Å². The van der Waals surface area contributed by atoms with Gasteiger partial charge < -0.3 is 25.0 Å². The van der Waals surface area contributed by atoms with E-state index in [1.165, 1.54) is 50.5 Å². The molecule has 1 aromatic rings. The van der Waals surface area contributed by atoms with Crippen LogP contribution in [0, 0.1) is 51.2 Å². The summed E-state index contributed by atoms with van der Waals surface area (Å²) >= 11 is 0. The van der Waals surface area contributed by atoms with E-state index in [-0.39, 0.29) is 53.3 Å². The van der Waals surface area contributed by atoms with Gasteiger partial charge in [0.15, 0.2) is 5.78 Å². The SMILES string of the molecule is CC1C(O)CC(=C2CCCC3(CCCC3)C2)C(C)(C)CC(n2ccnc2)CSSCC2CC1C1(C)CCC3C(=CC(=O)C4CC(O)C(O)CC43C)C21O. The fraction of sp³-hybridized carbons (Fsp3) is 0.818. The molecule has 12 atom stereocenters. The van der Waals surface area contributed by atoms with Crippen LogP contribution in [0.15, 0.2) is 41.5 Å². The first-order valence-electron chi connectivity index (χ1n) is 21.1. The Morgan fingerprint density at radius 3 is 2.36 bits per heavy atom. The van der Waals surface area contributed by atoms with Gasteiger partial charge in [0.1, 0.15) is 0 Å². The highest BCUT2D eigenvalue weighted by Gasteiger charge is 2.70. The highest BCUT2D eigenvalue weighted by molar-refractivity contribution is 8.76. The average molecular weight is 767 g/mol. The Bertz CT molecular complexity index is 1600. The number of carbonyl (C=O) groups excluding carboxylic acids is 1. The number of imidazole rings is 1. The summed E-state index contributed by atoms with van der Waals surface area (Å²) < 4.78 is 2.29. The Morgan fingerprint density at radius 1 is 0.887 bits per heavy atom. The minimum atomic E-state index is -1.19. The van der Waals surface area contributed by atoms with E-state index in [1.807, 2.05) is 34.1 Å². The van der Waals surface area contributed by atoms with E-state index >= 15 is 0 Å². The van der Waals surface area contributed by atoms with Crippen LogP contribution in [-0.4, -0.2) is 71.2 Å². The van der Waals surface area contributed by atoms with Gasteiger partial charge >= 0.3 is 0 Å². The average Bonchev–Trinajstić information content (AvgIpc) is 3.86. The van der Waals surface area contributed by atoms with Crippen molar-refractivity contribution in [1.29, 1.82) is 0 Å². The largest absolute Gasteiger partial charge is 0.393 e. The maximum atomic E-state index is 14.0. The maximum absolute atomic E-state index is 14.0. The molecule has 8 rings (SSSR count). The first-order chi connectivity index (χ1) is 25.1. The molecular weight excluding hydrogens is 701 g/mol. The zero-order chi connectivity index (χ0) is 37.6. The van der Waals surface area contributed by atoms with Crippen molar-refractivity contribution in [2.24, 2.45) is 51.2 Å². The van der Waals surface area contributed by atoms with Crippen LogP contribution in [-0.2, 0) is 4.79 Å². The van der Waals surface area contributed by atoms with E-state index in [0.717, 1.165) is 49.2 Å². The molecule has 6 aliphatic carbocycles. The van der Waals surface area contributed by atoms with Gasteiger partial charge in [0.05, 0.1) is 30.2 Å². The molecule has 1 aromatic heterocycles. The molecule has 4 N–H and O–H groups in total. The standard InChI is InChI=1S/C44H66N2O5S2/c1-27-32-17-29(44(51)34-19-37(48)35-20-38(49)39(50)23-41(35,4)31(34)10-14-42(32,44)5)24-52-53-25-30(46-16-15-45-26-46)22-40(2,3)33(18-36(27)47)28-9-8-13-43(21-28)11-6-7-12-43/h15-16,19,26-27,29-32,35-36,38-39,47,49-51H,6-14,17-18,20-25H2,1-5H3. The molecule has 0 radical (unpaired) electrons. The van der Waals surface area contributed by atoms with Gasteiger partial charge in [0.25, 0.3) is 0 Å². The van der Waals surface area contributed by atoms with Crippen molar-refractivity contribution in [2.45, 2.75) is 161 Å². The smallest absolute Gasteiger partial charge is 0.159 e. The van der Waals surface area contributed by atoms with Crippen LogP contribution in [0.4, 0.5) is 0 Å². The minimum Gasteiger partial charge on any atom is -0.393 e. The van der Waals surface area contributed by atoms with Gasteiger partial charge in [-0.25, -0.2) is 4.98 Å². The van der Waals surface area contributed by atoms with E-state index in [1.54, 1.807) is 11.6 Å². The summed E-state index contributed by atoms with van der Waals surface area (Å²) in [4.78, 5) is 18.5. The quantitative estimate of drug-likeness (QED) is 0.166. The van der Waals surface area contributed by atoms with E-state index in [9.17, 15) is 25.2 Å². The maximum Gasteiger partial charge on any atom is 0.159 e. The lowest BCUT2D eigenvalue weighted by Crippen LogP contribution is -2.62. The van der Waals surface area contributed by atoms with Gasteiger partial charge in [-0.1, -0.05) is 80.2 Å². The minimum absolute atomic E-state index is 0.000217. The van der Waals surface area contributed by atoms with E-state index in [0.29, 0.717) is 18.3 Å². The Kier molecular flexibility index (Phi) is 10.3. The van der Waals surface area contributed by atoms with E-state index < -0.39 is 34.7 Å². The summed E-state index contributed by atoms with van der Waals surface area (Å²) in [6.07, 6.45) is 20.6. The van der Waals surface area contributed by atoms with Crippen LogP contribution in [0.2, 0.25) is 0 Å². The molecule has 1 spiro atoms. The molecule has 0 aromatic carbocycles. The molecule has 0 amide bonds. The Hall–Kier alpha value is -1.10. The number of nitrogens with zero attached hydrogens (tertiary/aromatic N) is 2. The predicted molar refractivity (Wildman–Crippen MR) is 214 cm³/mol. The molecule has 2 bridgehead atoms. The van der Waals surface area contributed by atoms with Crippen molar-refractivity contribution in [1.82, 2.24) is 9.55 Å². The second kappa shape index (κ2) is 14.1. The lowest BCUT2D eigenvalue weighted by molar-refractivity contribution is -0.158. The van der Waals surface area contributed by atoms with Gasteiger partial charge in [0, 0.05) is 47.2 Å². The molecule has 53 heavy (non-hydrogen) atoms. The molecule has 12 unspecified atom stereocenters. The fourth-order valence-electron chi connectivity index (χ4n) is 14.0. The molecule has 7 aliphatic rings. The molecule has 294 valence electrons.